The molecule has 1 saturated carbocycles. The summed E-state index contributed by atoms with van der Waals surface area (Å²) in [5, 5.41) is 3.49. The highest BCUT2D eigenvalue weighted by Gasteiger charge is 2.23. The molecular weight excluding hydrogens is 431 g/mol. The molecule has 1 fully saturated rings. The Hall–Kier alpha value is -3.68. The first-order valence-electron chi connectivity index (χ1n) is 11.8. The van der Waals surface area contributed by atoms with E-state index in [1.165, 1.54) is 12.1 Å². The van der Waals surface area contributed by atoms with Crippen molar-refractivity contribution in [3.8, 4) is 17.1 Å². The highest BCUT2D eigenvalue weighted by atomic mass is 19.1. The van der Waals surface area contributed by atoms with Gasteiger partial charge in [0.25, 0.3) is 0 Å². The molecule has 1 aliphatic carbocycles. The molecule has 0 atom stereocenters. The Kier molecular flexibility index (Phi) is 6.04. The van der Waals surface area contributed by atoms with E-state index in [1.54, 1.807) is 33.5 Å². The topological polar surface area (TPSA) is 69.7 Å². The van der Waals surface area contributed by atoms with Gasteiger partial charge in [0.1, 0.15) is 5.82 Å². The molecule has 0 spiro atoms. The van der Waals surface area contributed by atoms with E-state index >= 15 is 0 Å². The predicted octanol–water partition coefficient (Wildman–Crippen LogP) is 5.21. The minimum atomic E-state index is -0.346. The van der Waals surface area contributed by atoms with E-state index < -0.39 is 0 Å². The van der Waals surface area contributed by atoms with Crippen LogP contribution in [0.4, 0.5) is 10.3 Å². The van der Waals surface area contributed by atoms with Gasteiger partial charge in [0.05, 0.1) is 17.1 Å². The monoisotopic (exact) mass is 460 g/mol. The molecule has 0 unspecified atom stereocenters. The van der Waals surface area contributed by atoms with Crippen molar-refractivity contribution in [1.29, 1.82) is 0 Å². The number of hydrogen-bond donors (Lipinski definition) is 1. The minimum Gasteiger partial charge on any atom is -0.351 e. The fourth-order valence-electron chi connectivity index (χ4n) is 4.72. The van der Waals surface area contributed by atoms with Gasteiger partial charge < -0.3 is 9.88 Å². The summed E-state index contributed by atoms with van der Waals surface area (Å²) in [5.41, 5.74) is 1.69. The first-order valence-corrected chi connectivity index (χ1v) is 11.8. The number of rotatable bonds is 6. The van der Waals surface area contributed by atoms with Crippen LogP contribution in [0.5, 0.6) is 0 Å². The Bertz CT molecular complexity index is 1300. The van der Waals surface area contributed by atoms with Crippen LogP contribution in [0, 0.1) is 5.82 Å². The predicted molar refractivity (Wildman–Crippen MR) is 131 cm³/mol. The zero-order chi connectivity index (χ0) is 23.7. The number of benzene rings is 1. The second-order valence-electron chi connectivity index (χ2n) is 9.16. The molecule has 4 aromatic rings. The standard InChI is InChI=1S/C26H29FN6O/c1-18(2)32-17-24(33(26(32)34)22-9-5-19(27)6-10-22)23-13-14-28-25(30-23)29-20-7-11-21(12-8-20)31-15-3-4-16-31/h3-6,9-10,13-18,20-21H,7-8,11-12H2,1-2H3,(H,28,29,30). The van der Waals surface area contributed by atoms with E-state index in [4.69, 9.17) is 4.98 Å². The highest BCUT2D eigenvalue weighted by Crippen LogP contribution is 2.30. The Morgan fingerprint density at radius 3 is 2.41 bits per heavy atom. The van der Waals surface area contributed by atoms with Crippen LogP contribution in [0.1, 0.15) is 51.6 Å². The lowest BCUT2D eigenvalue weighted by Crippen LogP contribution is -2.28. The number of halogens is 1. The molecule has 0 aliphatic heterocycles. The lowest BCUT2D eigenvalue weighted by molar-refractivity contribution is 0.334. The zero-order valence-electron chi connectivity index (χ0n) is 19.4. The normalized spacial score (nSPS) is 18.4. The molecule has 0 radical (unpaired) electrons. The lowest BCUT2D eigenvalue weighted by Gasteiger charge is -2.30. The average Bonchev–Trinajstić information content (AvgIpc) is 3.49. The maximum atomic E-state index is 13.5. The molecule has 8 heteroatoms. The maximum Gasteiger partial charge on any atom is 0.333 e. The van der Waals surface area contributed by atoms with Gasteiger partial charge in [-0.2, -0.15) is 0 Å². The van der Waals surface area contributed by atoms with E-state index in [2.05, 4.69) is 39.4 Å². The second-order valence-corrected chi connectivity index (χ2v) is 9.16. The van der Waals surface area contributed by atoms with Gasteiger partial charge in [0.2, 0.25) is 5.95 Å². The van der Waals surface area contributed by atoms with E-state index in [-0.39, 0.29) is 17.5 Å². The van der Waals surface area contributed by atoms with Gasteiger partial charge in [-0.3, -0.25) is 9.13 Å². The largest absolute Gasteiger partial charge is 0.351 e. The SMILES string of the molecule is CC(C)n1cc(-c2ccnc(NC3CCC(n4cccc4)CC3)n2)n(-c2ccc(F)cc2)c1=O. The van der Waals surface area contributed by atoms with Crippen LogP contribution < -0.4 is 11.0 Å². The van der Waals surface area contributed by atoms with Gasteiger partial charge in [-0.15, -0.1) is 0 Å². The van der Waals surface area contributed by atoms with Crippen LogP contribution in [0.3, 0.4) is 0 Å². The van der Waals surface area contributed by atoms with Gasteiger partial charge in [-0.25, -0.2) is 19.2 Å². The molecule has 176 valence electrons. The summed E-state index contributed by atoms with van der Waals surface area (Å²) in [6.45, 7) is 3.91. The highest BCUT2D eigenvalue weighted by molar-refractivity contribution is 5.59. The van der Waals surface area contributed by atoms with E-state index in [1.807, 2.05) is 20.0 Å². The smallest absolute Gasteiger partial charge is 0.333 e. The number of hydrogen-bond acceptors (Lipinski definition) is 4. The van der Waals surface area contributed by atoms with Crippen LogP contribution in [0.2, 0.25) is 0 Å². The molecule has 3 heterocycles. The molecule has 0 saturated heterocycles. The summed E-state index contributed by atoms with van der Waals surface area (Å²) in [4.78, 5) is 22.4. The molecule has 1 aliphatic rings. The van der Waals surface area contributed by atoms with Crippen molar-refractivity contribution >= 4 is 5.95 Å². The maximum absolute atomic E-state index is 13.5. The van der Waals surface area contributed by atoms with Crippen molar-refractivity contribution in [3.05, 3.63) is 83.6 Å². The number of nitrogens with zero attached hydrogens (tertiary/aromatic N) is 5. The van der Waals surface area contributed by atoms with Crippen LogP contribution in [-0.4, -0.2) is 29.7 Å². The summed E-state index contributed by atoms with van der Waals surface area (Å²) in [6.07, 6.45) is 12.1. The molecular formula is C26H29FN6O. The van der Waals surface area contributed by atoms with Crippen molar-refractivity contribution in [3.63, 3.8) is 0 Å². The Labute approximate surface area is 197 Å². The fraction of sp³-hybridized carbons (Fsp3) is 0.346. The molecule has 7 nitrogen and oxygen atoms in total. The van der Waals surface area contributed by atoms with E-state index in [0.717, 1.165) is 25.7 Å². The molecule has 34 heavy (non-hydrogen) atoms. The first kappa shape index (κ1) is 22.1. The van der Waals surface area contributed by atoms with E-state index in [0.29, 0.717) is 35.1 Å². The number of anilines is 1. The fourth-order valence-corrected chi connectivity index (χ4v) is 4.72. The number of aromatic nitrogens is 5. The Morgan fingerprint density at radius 2 is 1.74 bits per heavy atom. The van der Waals surface area contributed by atoms with Gasteiger partial charge in [-0.1, -0.05) is 0 Å². The quantitative estimate of drug-likeness (QED) is 0.429. The first-order chi connectivity index (χ1) is 16.5. The molecule has 1 aromatic carbocycles. The Balaban J connectivity index is 1.40. The molecule has 1 N–H and O–H groups in total. The van der Waals surface area contributed by atoms with Crippen molar-refractivity contribution in [1.82, 2.24) is 23.7 Å². The van der Waals surface area contributed by atoms with E-state index in [9.17, 15) is 9.18 Å². The summed E-state index contributed by atoms with van der Waals surface area (Å²) >= 11 is 0. The van der Waals surface area contributed by atoms with Crippen LogP contribution >= 0.6 is 0 Å². The molecule has 5 rings (SSSR count). The third-order valence-corrected chi connectivity index (χ3v) is 6.55. The van der Waals surface area contributed by atoms with Crippen molar-refractivity contribution in [2.24, 2.45) is 0 Å². The summed E-state index contributed by atoms with van der Waals surface area (Å²) in [6, 6.07) is 12.7. The van der Waals surface area contributed by atoms with Crippen LogP contribution in [-0.2, 0) is 0 Å². The third kappa shape index (κ3) is 4.40. The number of nitrogens with one attached hydrogen (secondary N) is 1. The van der Waals surface area contributed by atoms with Crippen molar-refractivity contribution < 1.29 is 4.39 Å². The second kappa shape index (κ2) is 9.29. The van der Waals surface area contributed by atoms with Crippen molar-refractivity contribution in [2.75, 3.05) is 5.32 Å². The summed E-state index contributed by atoms with van der Waals surface area (Å²) in [7, 11) is 0. The number of imidazole rings is 1. The third-order valence-electron chi connectivity index (χ3n) is 6.55. The summed E-state index contributed by atoms with van der Waals surface area (Å²) in [5.74, 6) is 0.207. The van der Waals surface area contributed by atoms with Crippen molar-refractivity contribution in [2.45, 2.75) is 57.7 Å². The van der Waals surface area contributed by atoms with Gasteiger partial charge in [-0.05, 0) is 82.0 Å². The van der Waals surface area contributed by atoms with Crippen LogP contribution in [0.15, 0.2) is 72.0 Å². The zero-order valence-corrected chi connectivity index (χ0v) is 19.4. The van der Waals surface area contributed by atoms with Crippen LogP contribution in [0.25, 0.3) is 17.1 Å². The minimum absolute atomic E-state index is 0.0251. The molecule has 3 aromatic heterocycles. The van der Waals surface area contributed by atoms with Gasteiger partial charge >= 0.3 is 5.69 Å². The molecule has 0 amide bonds. The van der Waals surface area contributed by atoms with Gasteiger partial charge in [0, 0.05) is 42.9 Å². The lowest BCUT2D eigenvalue weighted by atomic mass is 9.91. The van der Waals surface area contributed by atoms with Gasteiger partial charge in [0.15, 0.2) is 0 Å². The Morgan fingerprint density at radius 1 is 1.03 bits per heavy atom. The summed E-state index contributed by atoms with van der Waals surface area (Å²) < 4.78 is 19.1. The average molecular weight is 461 g/mol. The molecule has 0 bridgehead atoms.